The molecule has 3 heteroatoms. The van der Waals surface area contributed by atoms with E-state index in [1.807, 2.05) is 6.07 Å². The van der Waals surface area contributed by atoms with Gasteiger partial charge in [-0.2, -0.15) is 35.4 Å². The van der Waals surface area contributed by atoms with Gasteiger partial charge in [0.15, 0.2) is 0 Å². The number of halogens is 2. The van der Waals surface area contributed by atoms with Crippen LogP contribution >= 0.6 is 0 Å². The molecule has 304 valence electrons. The summed E-state index contributed by atoms with van der Waals surface area (Å²) in [6, 6.07) is 43.8. The van der Waals surface area contributed by atoms with Crippen molar-refractivity contribution >= 4 is 8.78 Å². The van der Waals surface area contributed by atoms with E-state index in [1.165, 1.54) is 99.8 Å². The quantitative estimate of drug-likeness (QED) is 0.157. The molecule has 0 amide bonds. The average Bonchev–Trinajstić information content (AvgIpc) is 3.68. The predicted molar refractivity (Wildman–Crippen MR) is 240 cm³/mol. The molecule has 0 radical (unpaired) electrons. The van der Waals surface area contributed by atoms with E-state index in [0.29, 0.717) is 5.92 Å². The molecule has 0 N–H and O–H groups in total. The second-order valence-corrected chi connectivity index (χ2v) is 21.1. The Kier molecular flexibility index (Phi) is 16.6. The van der Waals surface area contributed by atoms with Gasteiger partial charge in [-0.05, 0) is 28.4 Å². The summed E-state index contributed by atoms with van der Waals surface area (Å²) in [4.78, 5) is 0. The Balaban J connectivity index is 0.000000236. The Bertz CT molecular complexity index is 2090. The van der Waals surface area contributed by atoms with Gasteiger partial charge in [-0.3, -0.25) is 6.08 Å². The Morgan fingerprint density at radius 1 is 0.569 bits per heavy atom. The minimum absolute atomic E-state index is 0. The second-order valence-electron chi connectivity index (χ2n) is 19.8. The molecule has 0 aliphatic heterocycles. The number of hydrogen-bond acceptors (Lipinski definition) is 0. The van der Waals surface area contributed by atoms with Crippen molar-refractivity contribution in [2.75, 3.05) is 0 Å². The zero-order valence-corrected chi connectivity index (χ0v) is 41.5. The van der Waals surface area contributed by atoms with Gasteiger partial charge in [-0.15, -0.1) is 16.7 Å². The third-order valence-electron chi connectivity index (χ3n) is 10.9. The van der Waals surface area contributed by atoms with E-state index in [-0.39, 0.29) is 46.5 Å². The van der Waals surface area contributed by atoms with Crippen LogP contribution in [0.2, 0.25) is 0 Å². The van der Waals surface area contributed by atoms with E-state index >= 15 is 0 Å². The molecule has 7 rings (SSSR count). The summed E-state index contributed by atoms with van der Waals surface area (Å²) in [5.74, 6) is 0.468. The van der Waals surface area contributed by atoms with Crippen molar-refractivity contribution < 1.29 is 49.0 Å². The summed E-state index contributed by atoms with van der Waals surface area (Å²) >= 11 is 1.46. The van der Waals surface area contributed by atoms with Crippen LogP contribution in [0.25, 0.3) is 16.7 Å². The first-order valence-electron chi connectivity index (χ1n) is 20.4. The van der Waals surface area contributed by atoms with E-state index in [2.05, 4.69) is 218 Å². The zero-order valence-electron chi connectivity index (χ0n) is 37.5. The maximum Gasteiger partial charge on any atom is -0.0623 e. The molecule has 0 aromatic heterocycles. The number of fused-ring (bicyclic) bond motifs is 3. The molecule has 58 heavy (non-hydrogen) atoms. The summed E-state index contributed by atoms with van der Waals surface area (Å²) in [6.45, 7) is 31.5. The van der Waals surface area contributed by atoms with Crippen LogP contribution < -0.4 is 24.8 Å². The molecule has 0 saturated carbocycles. The van der Waals surface area contributed by atoms with E-state index in [4.69, 9.17) is 0 Å². The first-order chi connectivity index (χ1) is 26.0. The normalized spacial score (nSPS) is 14.5. The monoisotopic (exact) mass is 884 g/mol. The molecule has 0 saturated heterocycles. The first-order valence-corrected chi connectivity index (χ1v) is 21.6. The molecule has 0 nitrogen and oxygen atoms in total. The molecule has 0 spiro atoms. The largest absolute Gasteiger partial charge is 1.00 e. The van der Waals surface area contributed by atoms with Crippen molar-refractivity contribution in [3.05, 3.63) is 183 Å². The van der Waals surface area contributed by atoms with Crippen LogP contribution in [-0.2, 0) is 52.3 Å². The van der Waals surface area contributed by atoms with Gasteiger partial charge in [0, 0.05) is 0 Å². The zero-order chi connectivity index (χ0) is 41.2. The molecule has 5 aromatic rings. The SMILES string of the molecule is CC(C)(C)c1[c-]c2c(cc1)-c1ccc(C(C)(C)C)cc1C2.CC(C)(C)c1ccc([C](=[Zr+2])c2ccc(C(C)(C)C)cc2)cc1.CC1=[C-]C(C)C=C1c1ccccc1.[Cl-].[Cl-]. The van der Waals surface area contributed by atoms with E-state index in [0.717, 1.165) is 6.42 Å². The molecule has 2 aliphatic carbocycles. The molecular weight excluding hydrogens is 823 g/mol. The summed E-state index contributed by atoms with van der Waals surface area (Å²) in [6.07, 6.45) is 6.68. The smallest absolute Gasteiger partial charge is 0.0623 e. The maximum absolute atomic E-state index is 3.67. The molecule has 5 aromatic carbocycles. The van der Waals surface area contributed by atoms with Crippen molar-refractivity contribution in [3.8, 4) is 11.1 Å². The fraction of sp³-hybridized carbons (Fsp3) is 0.364. The van der Waals surface area contributed by atoms with Crippen LogP contribution in [0.4, 0.5) is 0 Å². The minimum atomic E-state index is 0. The fourth-order valence-electron chi connectivity index (χ4n) is 7.23. The van der Waals surface area contributed by atoms with E-state index in [9.17, 15) is 0 Å². The van der Waals surface area contributed by atoms with Gasteiger partial charge in [0.1, 0.15) is 0 Å². The molecule has 0 bridgehead atoms. The van der Waals surface area contributed by atoms with Gasteiger partial charge >= 0.3 is 151 Å². The summed E-state index contributed by atoms with van der Waals surface area (Å²) in [5.41, 5.74) is 18.5. The van der Waals surface area contributed by atoms with Crippen molar-refractivity contribution in [1.29, 1.82) is 0 Å². The number of rotatable bonds is 3. The van der Waals surface area contributed by atoms with E-state index < -0.39 is 0 Å². The molecular formula is C55H64Cl2Zr-2. The van der Waals surface area contributed by atoms with Gasteiger partial charge in [0.25, 0.3) is 0 Å². The second kappa shape index (κ2) is 19.5. The molecule has 1 unspecified atom stereocenters. The first kappa shape index (κ1) is 49.3. The van der Waals surface area contributed by atoms with Crippen LogP contribution in [0.1, 0.15) is 147 Å². The van der Waals surface area contributed by atoms with Crippen molar-refractivity contribution in [2.45, 2.75) is 125 Å². The Morgan fingerprint density at radius 2 is 1.03 bits per heavy atom. The van der Waals surface area contributed by atoms with Gasteiger partial charge in [-0.1, -0.05) is 115 Å². The average molecular weight is 887 g/mol. The predicted octanol–water partition coefficient (Wildman–Crippen LogP) is 8.53. The standard InChI is InChI=1S/C21H25.C21H26.C13H13.2ClH.Zr/c1-20(2,3)16-7-9-18-14(12-16)11-15-13-17(21(4,5)6)8-10-19(15)18;1-20(2,3)18-11-7-16(8-12-18)15-17-9-13-19(14-10-17)21(4,5)6;1-10-8-11(2)13(9-10)12-6-4-3-5-7-12;;;/h7-10,12H,11H2,1-6H3;7-14H,1-6H3;3-7,9-10H,1-2H3;2*1H;/q-1;;-1;;;+2/p-2. The van der Waals surface area contributed by atoms with Gasteiger partial charge < -0.3 is 24.8 Å². The summed E-state index contributed by atoms with van der Waals surface area (Å²) in [7, 11) is 0. The molecule has 0 heterocycles. The fourth-order valence-corrected chi connectivity index (χ4v) is 8.05. The molecule has 0 fully saturated rings. The number of benzene rings is 5. The molecule has 2 aliphatic rings. The number of allylic oxidation sites excluding steroid dienone is 4. The number of hydrogen-bond donors (Lipinski definition) is 0. The van der Waals surface area contributed by atoms with Gasteiger partial charge in [-0.25, -0.2) is 5.57 Å². The van der Waals surface area contributed by atoms with Crippen LogP contribution in [0.3, 0.4) is 0 Å². The van der Waals surface area contributed by atoms with Crippen LogP contribution in [0.5, 0.6) is 0 Å². The maximum atomic E-state index is 3.67. The van der Waals surface area contributed by atoms with Crippen LogP contribution in [0, 0.1) is 18.1 Å². The van der Waals surface area contributed by atoms with Crippen molar-refractivity contribution in [1.82, 2.24) is 0 Å². The summed E-state index contributed by atoms with van der Waals surface area (Å²) < 4.78 is 1.42. The Hall–Kier alpha value is -3.09. The summed E-state index contributed by atoms with van der Waals surface area (Å²) in [5, 5.41) is 0. The third-order valence-corrected chi connectivity index (χ3v) is 12.3. The Labute approximate surface area is 380 Å². The molecule has 1 atom stereocenters. The minimum Gasteiger partial charge on any atom is -1.00 e. The van der Waals surface area contributed by atoms with Crippen LogP contribution in [-0.4, -0.2) is 3.21 Å². The third kappa shape index (κ3) is 12.5. The Morgan fingerprint density at radius 3 is 1.47 bits per heavy atom. The van der Waals surface area contributed by atoms with Crippen molar-refractivity contribution in [2.24, 2.45) is 5.92 Å². The van der Waals surface area contributed by atoms with E-state index in [1.54, 1.807) is 0 Å². The van der Waals surface area contributed by atoms with Gasteiger partial charge in [0.05, 0.1) is 0 Å². The van der Waals surface area contributed by atoms with Gasteiger partial charge in [0.2, 0.25) is 0 Å². The van der Waals surface area contributed by atoms with Crippen LogP contribution in [0.15, 0.2) is 121 Å². The topological polar surface area (TPSA) is 0 Å². The van der Waals surface area contributed by atoms with Crippen molar-refractivity contribution in [3.63, 3.8) is 0 Å².